The first-order valence-corrected chi connectivity index (χ1v) is 5.89. The van der Waals surface area contributed by atoms with Gasteiger partial charge in [0.05, 0.1) is 6.61 Å². The molecule has 3 nitrogen and oxygen atoms in total. The Kier molecular flexibility index (Phi) is 4.68. The number of rotatable bonds is 4. The Morgan fingerprint density at radius 2 is 2.00 bits per heavy atom. The number of esters is 1. The Morgan fingerprint density at radius 3 is 2.56 bits per heavy atom. The zero-order valence-electron chi connectivity index (χ0n) is 9.25. The number of hydrogen-bond acceptors (Lipinski definition) is 3. The van der Waals surface area contributed by atoms with Gasteiger partial charge in [0, 0.05) is 10.0 Å². The van der Waals surface area contributed by atoms with Crippen LogP contribution in [-0.2, 0) is 16.0 Å². The van der Waals surface area contributed by atoms with Crippen LogP contribution < -0.4 is 0 Å². The molecule has 0 unspecified atom stereocenters. The van der Waals surface area contributed by atoms with E-state index in [0.717, 1.165) is 10.0 Å². The normalized spacial score (nSPS) is 9.94. The molecule has 0 amide bonds. The molecule has 0 N–H and O–H groups in total. The summed E-state index contributed by atoms with van der Waals surface area (Å²) >= 11 is 3.33. The van der Waals surface area contributed by atoms with Crippen molar-refractivity contribution in [2.45, 2.75) is 20.3 Å². The molecule has 1 aromatic carbocycles. The second-order valence-corrected chi connectivity index (χ2v) is 4.12. The number of halogens is 1. The number of aryl methyl sites for hydroxylation is 1. The van der Waals surface area contributed by atoms with Gasteiger partial charge in [0.2, 0.25) is 0 Å². The fourth-order valence-corrected chi connectivity index (χ4v) is 1.79. The van der Waals surface area contributed by atoms with Gasteiger partial charge in [-0.3, -0.25) is 4.79 Å². The standard InChI is InChI=1S/C12H13BrO3/c1-3-8-7-9(13)5-6-10(8)11(14)12(15)16-4-2/h5-7H,3-4H2,1-2H3. The van der Waals surface area contributed by atoms with Crippen LogP contribution in [0.25, 0.3) is 0 Å². The SMILES string of the molecule is CCOC(=O)C(=O)c1ccc(Br)cc1CC. The van der Waals surface area contributed by atoms with E-state index in [-0.39, 0.29) is 6.61 Å². The molecule has 0 aliphatic carbocycles. The predicted octanol–water partition coefficient (Wildman–Crippen LogP) is 2.76. The van der Waals surface area contributed by atoms with Crippen molar-refractivity contribution < 1.29 is 14.3 Å². The minimum atomic E-state index is -0.792. The summed E-state index contributed by atoms with van der Waals surface area (Å²) in [4.78, 5) is 23.0. The second-order valence-electron chi connectivity index (χ2n) is 3.20. The van der Waals surface area contributed by atoms with Gasteiger partial charge < -0.3 is 4.74 Å². The quantitative estimate of drug-likeness (QED) is 0.485. The van der Waals surface area contributed by atoms with Gasteiger partial charge in [0.25, 0.3) is 5.78 Å². The van der Waals surface area contributed by atoms with Gasteiger partial charge in [-0.05, 0) is 37.1 Å². The van der Waals surface area contributed by atoms with E-state index in [0.29, 0.717) is 12.0 Å². The fraction of sp³-hybridized carbons (Fsp3) is 0.333. The highest BCUT2D eigenvalue weighted by Gasteiger charge is 2.19. The number of benzene rings is 1. The highest BCUT2D eigenvalue weighted by molar-refractivity contribution is 9.10. The van der Waals surface area contributed by atoms with Gasteiger partial charge in [0.15, 0.2) is 0 Å². The van der Waals surface area contributed by atoms with Crippen LogP contribution in [0.1, 0.15) is 29.8 Å². The molecule has 0 atom stereocenters. The van der Waals surface area contributed by atoms with E-state index in [4.69, 9.17) is 0 Å². The predicted molar refractivity (Wildman–Crippen MR) is 64.5 cm³/mol. The number of Topliss-reactive ketones (excluding diaryl/α,β-unsaturated/α-hetero) is 1. The van der Waals surface area contributed by atoms with E-state index in [1.54, 1.807) is 19.1 Å². The van der Waals surface area contributed by atoms with Crippen LogP contribution in [0, 0.1) is 0 Å². The highest BCUT2D eigenvalue weighted by atomic mass is 79.9. The number of hydrogen-bond donors (Lipinski definition) is 0. The molecule has 0 aliphatic heterocycles. The summed E-state index contributed by atoms with van der Waals surface area (Å²) in [6, 6.07) is 5.22. The average Bonchev–Trinajstić information content (AvgIpc) is 2.28. The van der Waals surface area contributed by atoms with Crippen LogP contribution in [0.4, 0.5) is 0 Å². The molecule has 0 aromatic heterocycles. The molecule has 0 fully saturated rings. The number of ether oxygens (including phenoxy) is 1. The van der Waals surface area contributed by atoms with Gasteiger partial charge in [-0.15, -0.1) is 0 Å². The maximum Gasteiger partial charge on any atom is 0.379 e. The number of carbonyl (C=O) groups excluding carboxylic acids is 2. The third kappa shape index (κ3) is 2.92. The highest BCUT2D eigenvalue weighted by Crippen LogP contribution is 2.18. The Labute approximate surface area is 103 Å². The lowest BCUT2D eigenvalue weighted by molar-refractivity contribution is -0.137. The molecule has 0 heterocycles. The maximum atomic E-state index is 11.7. The Morgan fingerprint density at radius 1 is 1.31 bits per heavy atom. The molecule has 16 heavy (non-hydrogen) atoms. The molecule has 1 aromatic rings. The topological polar surface area (TPSA) is 43.4 Å². The third-order valence-corrected chi connectivity index (χ3v) is 2.65. The van der Waals surface area contributed by atoms with Crippen LogP contribution >= 0.6 is 15.9 Å². The van der Waals surface area contributed by atoms with Crippen molar-refractivity contribution in [3.05, 3.63) is 33.8 Å². The van der Waals surface area contributed by atoms with E-state index in [2.05, 4.69) is 20.7 Å². The molecule has 0 spiro atoms. The van der Waals surface area contributed by atoms with Crippen LogP contribution in [0.15, 0.2) is 22.7 Å². The van der Waals surface area contributed by atoms with Crippen molar-refractivity contribution in [1.82, 2.24) is 0 Å². The fourth-order valence-electron chi connectivity index (χ4n) is 1.38. The van der Waals surface area contributed by atoms with E-state index in [1.807, 2.05) is 13.0 Å². The monoisotopic (exact) mass is 284 g/mol. The van der Waals surface area contributed by atoms with Crippen LogP contribution in [0.3, 0.4) is 0 Å². The van der Waals surface area contributed by atoms with Gasteiger partial charge in [0.1, 0.15) is 0 Å². The molecule has 0 radical (unpaired) electrons. The zero-order chi connectivity index (χ0) is 12.1. The lowest BCUT2D eigenvalue weighted by Crippen LogP contribution is -2.18. The van der Waals surface area contributed by atoms with Crippen LogP contribution in [-0.4, -0.2) is 18.4 Å². The average molecular weight is 285 g/mol. The Bertz CT molecular complexity index is 413. The van der Waals surface area contributed by atoms with Crippen molar-refractivity contribution in [3.63, 3.8) is 0 Å². The van der Waals surface area contributed by atoms with Crippen molar-refractivity contribution in [3.8, 4) is 0 Å². The summed E-state index contributed by atoms with van der Waals surface area (Å²) in [5, 5.41) is 0. The molecule has 0 aliphatic rings. The largest absolute Gasteiger partial charge is 0.460 e. The maximum absolute atomic E-state index is 11.7. The summed E-state index contributed by atoms with van der Waals surface area (Å²) in [7, 11) is 0. The van der Waals surface area contributed by atoms with Crippen molar-refractivity contribution in [2.75, 3.05) is 6.61 Å². The minimum absolute atomic E-state index is 0.211. The molecule has 0 bridgehead atoms. The summed E-state index contributed by atoms with van der Waals surface area (Å²) in [5.74, 6) is -1.37. The van der Waals surface area contributed by atoms with E-state index in [1.165, 1.54) is 0 Å². The van der Waals surface area contributed by atoms with Gasteiger partial charge in [-0.25, -0.2) is 4.79 Å². The van der Waals surface area contributed by atoms with Crippen molar-refractivity contribution >= 4 is 27.7 Å². The summed E-state index contributed by atoms with van der Waals surface area (Å²) in [6.45, 7) is 3.82. The van der Waals surface area contributed by atoms with Crippen molar-refractivity contribution in [1.29, 1.82) is 0 Å². The van der Waals surface area contributed by atoms with Crippen molar-refractivity contribution in [2.24, 2.45) is 0 Å². The second kappa shape index (κ2) is 5.80. The summed E-state index contributed by atoms with van der Waals surface area (Å²) in [6.07, 6.45) is 0.694. The lowest BCUT2D eigenvalue weighted by Gasteiger charge is -2.06. The van der Waals surface area contributed by atoms with Crippen LogP contribution in [0.2, 0.25) is 0 Å². The molecule has 0 saturated carbocycles. The molecular weight excluding hydrogens is 272 g/mol. The van der Waals surface area contributed by atoms with Crippen LogP contribution in [0.5, 0.6) is 0 Å². The van der Waals surface area contributed by atoms with Gasteiger partial charge in [-0.1, -0.05) is 22.9 Å². The number of ketones is 1. The molecule has 0 saturated heterocycles. The summed E-state index contributed by atoms with van der Waals surface area (Å²) < 4.78 is 5.58. The molecule has 86 valence electrons. The first kappa shape index (κ1) is 12.9. The first-order valence-electron chi connectivity index (χ1n) is 5.10. The van der Waals surface area contributed by atoms with Gasteiger partial charge >= 0.3 is 5.97 Å². The Balaban J connectivity index is 3.03. The molecular formula is C12H13BrO3. The zero-order valence-corrected chi connectivity index (χ0v) is 10.8. The van der Waals surface area contributed by atoms with E-state index >= 15 is 0 Å². The van der Waals surface area contributed by atoms with E-state index < -0.39 is 11.8 Å². The third-order valence-electron chi connectivity index (χ3n) is 2.15. The molecule has 4 heteroatoms. The Hall–Kier alpha value is -1.16. The van der Waals surface area contributed by atoms with E-state index in [9.17, 15) is 9.59 Å². The smallest absolute Gasteiger partial charge is 0.379 e. The molecule has 1 rings (SSSR count). The lowest BCUT2D eigenvalue weighted by atomic mass is 10.0. The van der Waals surface area contributed by atoms with Gasteiger partial charge in [-0.2, -0.15) is 0 Å². The summed E-state index contributed by atoms with van der Waals surface area (Å²) in [5.41, 5.74) is 1.26. The number of carbonyl (C=O) groups is 2. The minimum Gasteiger partial charge on any atom is -0.460 e. The first-order chi connectivity index (χ1) is 7.60.